The number of ether oxygens (including phenoxy) is 1. The fourth-order valence-electron chi connectivity index (χ4n) is 3.25. The van der Waals surface area contributed by atoms with E-state index in [2.05, 4.69) is 68.5 Å². The number of hydrogen-bond donors (Lipinski definition) is 2. The van der Waals surface area contributed by atoms with Crippen LogP contribution in [-0.4, -0.2) is 36.2 Å². The van der Waals surface area contributed by atoms with Gasteiger partial charge in [-0.2, -0.15) is 0 Å². The van der Waals surface area contributed by atoms with Gasteiger partial charge in [0.2, 0.25) is 0 Å². The number of aliphatic imine (C=N–C) groups is 1. The average Bonchev–Trinajstić information content (AvgIpc) is 3.24. The lowest BCUT2D eigenvalue weighted by Gasteiger charge is -2.14. The van der Waals surface area contributed by atoms with Gasteiger partial charge in [0.1, 0.15) is 5.75 Å². The average molecular weight is 519 g/mol. The van der Waals surface area contributed by atoms with Crippen molar-refractivity contribution in [2.45, 2.75) is 26.4 Å². The molecule has 1 heterocycles. The highest BCUT2D eigenvalue weighted by Crippen LogP contribution is 2.19. The van der Waals surface area contributed by atoms with Gasteiger partial charge in [0.25, 0.3) is 0 Å². The fraction of sp³-hybridized carbons (Fsp3) is 0.304. The van der Waals surface area contributed by atoms with E-state index in [-0.39, 0.29) is 24.0 Å². The summed E-state index contributed by atoms with van der Waals surface area (Å²) in [5.74, 6) is 1.71. The van der Waals surface area contributed by atoms with E-state index in [4.69, 9.17) is 4.74 Å². The number of methoxy groups -OCH3 is 1. The summed E-state index contributed by atoms with van der Waals surface area (Å²) in [7, 11) is 3.50. The van der Waals surface area contributed by atoms with Gasteiger partial charge in [-0.1, -0.05) is 42.0 Å². The minimum Gasteiger partial charge on any atom is -0.496 e. The minimum atomic E-state index is 0. The van der Waals surface area contributed by atoms with Crippen molar-refractivity contribution in [2.75, 3.05) is 20.7 Å². The van der Waals surface area contributed by atoms with Gasteiger partial charge >= 0.3 is 0 Å². The molecule has 0 amide bonds. The van der Waals surface area contributed by atoms with Crippen LogP contribution in [0.25, 0.3) is 0 Å². The second-order valence-corrected chi connectivity index (χ2v) is 6.97. The molecule has 0 bridgehead atoms. The Kier molecular flexibility index (Phi) is 9.66. The molecule has 6 nitrogen and oxygen atoms in total. The predicted molar refractivity (Wildman–Crippen MR) is 133 cm³/mol. The summed E-state index contributed by atoms with van der Waals surface area (Å²) in [6, 6.07) is 14.8. The van der Waals surface area contributed by atoms with E-state index in [0.29, 0.717) is 6.54 Å². The van der Waals surface area contributed by atoms with E-state index >= 15 is 0 Å². The molecule has 160 valence electrons. The predicted octanol–water partition coefficient (Wildman–Crippen LogP) is 3.77. The SMILES string of the molecule is CN=C(NCCc1cc(C)ccc1OC)NCc1cccc(Cn2ccnc2)c1.I. The molecule has 0 aliphatic rings. The first-order valence-corrected chi connectivity index (χ1v) is 9.79. The Balaban J connectivity index is 0.00000320. The highest BCUT2D eigenvalue weighted by Gasteiger charge is 2.05. The molecule has 0 atom stereocenters. The summed E-state index contributed by atoms with van der Waals surface area (Å²) in [6.07, 6.45) is 6.47. The van der Waals surface area contributed by atoms with Gasteiger partial charge in [0.05, 0.1) is 13.4 Å². The first-order chi connectivity index (χ1) is 14.2. The van der Waals surface area contributed by atoms with Crippen molar-refractivity contribution in [1.82, 2.24) is 20.2 Å². The van der Waals surface area contributed by atoms with Crippen LogP contribution in [0.4, 0.5) is 0 Å². The van der Waals surface area contributed by atoms with E-state index in [1.807, 2.05) is 18.6 Å². The summed E-state index contributed by atoms with van der Waals surface area (Å²) in [4.78, 5) is 8.42. The molecular formula is C23H30IN5O. The molecule has 3 aromatic rings. The van der Waals surface area contributed by atoms with Crippen LogP contribution in [0.15, 0.2) is 66.2 Å². The Hall–Kier alpha value is -2.55. The largest absolute Gasteiger partial charge is 0.496 e. The summed E-state index contributed by atoms with van der Waals surface area (Å²) in [5, 5.41) is 6.77. The molecule has 0 aliphatic heterocycles. The monoisotopic (exact) mass is 519 g/mol. The van der Waals surface area contributed by atoms with Crippen LogP contribution in [0, 0.1) is 6.92 Å². The Bertz CT molecular complexity index is 941. The fourth-order valence-corrected chi connectivity index (χ4v) is 3.25. The molecule has 3 rings (SSSR count). The maximum absolute atomic E-state index is 5.46. The molecule has 0 fully saturated rings. The van der Waals surface area contributed by atoms with Crippen LogP contribution in [0.2, 0.25) is 0 Å². The number of hydrogen-bond acceptors (Lipinski definition) is 3. The molecule has 0 saturated carbocycles. The van der Waals surface area contributed by atoms with Crippen LogP contribution in [-0.2, 0) is 19.5 Å². The van der Waals surface area contributed by atoms with E-state index in [0.717, 1.165) is 31.2 Å². The Morgan fingerprint density at radius 1 is 1.13 bits per heavy atom. The van der Waals surface area contributed by atoms with Crippen molar-refractivity contribution in [3.8, 4) is 5.75 Å². The van der Waals surface area contributed by atoms with Gasteiger partial charge in [0, 0.05) is 39.1 Å². The molecular weight excluding hydrogens is 489 g/mol. The maximum Gasteiger partial charge on any atom is 0.191 e. The van der Waals surface area contributed by atoms with Gasteiger partial charge < -0.3 is 19.9 Å². The third kappa shape index (κ3) is 7.05. The number of aromatic nitrogens is 2. The highest BCUT2D eigenvalue weighted by atomic mass is 127. The minimum absolute atomic E-state index is 0. The topological polar surface area (TPSA) is 63.5 Å². The molecule has 2 N–H and O–H groups in total. The lowest BCUT2D eigenvalue weighted by atomic mass is 10.1. The van der Waals surface area contributed by atoms with Crippen LogP contribution >= 0.6 is 24.0 Å². The third-order valence-electron chi connectivity index (χ3n) is 4.72. The van der Waals surface area contributed by atoms with Gasteiger partial charge in [-0.3, -0.25) is 4.99 Å². The van der Waals surface area contributed by atoms with Crippen molar-refractivity contribution >= 4 is 29.9 Å². The maximum atomic E-state index is 5.46. The number of imidazole rings is 1. The van der Waals surface area contributed by atoms with Gasteiger partial charge in [-0.25, -0.2) is 4.98 Å². The van der Waals surface area contributed by atoms with E-state index in [9.17, 15) is 0 Å². The standard InChI is InChI=1S/C23H29N5O.HI/c1-18-7-8-22(29-3)21(13-18)9-10-26-23(24-2)27-15-19-5-4-6-20(14-19)16-28-12-11-25-17-28;/h4-8,11-14,17H,9-10,15-16H2,1-3H3,(H2,24,26,27);1H. The Morgan fingerprint density at radius 3 is 2.70 bits per heavy atom. The van der Waals surface area contributed by atoms with Gasteiger partial charge in [-0.15, -0.1) is 24.0 Å². The van der Waals surface area contributed by atoms with E-state index < -0.39 is 0 Å². The molecule has 30 heavy (non-hydrogen) atoms. The van der Waals surface area contributed by atoms with Crippen molar-refractivity contribution in [2.24, 2.45) is 4.99 Å². The second-order valence-electron chi connectivity index (χ2n) is 6.97. The summed E-state index contributed by atoms with van der Waals surface area (Å²) < 4.78 is 7.52. The van der Waals surface area contributed by atoms with Gasteiger partial charge in [-0.05, 0) is 36.1 Å². The van der Waals surface area contributed by atoms with Gasteiger partial charge in [0.15, 0.2) is 5.96 Å². The summed E-state index contributed by atoms with van der Waals surface area (Å²) >= 11 is 0. The number of nitrogens with zero attached hydrogens (tertiary/aromatic N) is 3. The van der Waals surface area contributed by atoms with Crippen molar-refractivity contribution in [1.29, 1.82) is 0 Å². The molecule has 0 unspecified atom stereocenters. The number of rotatable bonds is 8. The highest BCUT2D eigenvalue weighted by molar-refractivity contribution is 14.0. The number of benzene rings is 2. The molecule has 0 spiro atoms. The van der Waals surface area contributed by atoms with E-state index in [1.54, 1.807) is 20.4 Å². The number of aryl methyl sites for hydroxylation is 1. The zero-order chi connectivity index (χ0) is 20.5. The first kappa shape index (κ1) is 23.7. The van der Waals surface area contributed by atoms with Crippen molar-refractivity contribution < 1.29 is 4.74 Å². The third-order valence-corrected chi connectivity index (χ3v) is 4.72. The zero-order valence-electron chi connectivity index (χ0n) is 17.8. The van der Waals surface area contributed by atoms with Crippen LogP contribution < -0.4 is 15.4 Å². The molecule has 2 aromatic carbocycles. The molecule has 0 radical (unpaired) electrons. The number of nitrogens with one attached hydrogen (secondary N) is 2. The number of guanidine groups is 1. The normalized spacial score (nSPS) is 11.0. The smallest absolute Gasteiger partial charge is 0.191 e. The van der Waals surface area contributed by atoms with Crippen LogP contribution in [0.1, 0.15) is 22.3 Å². The summed E-state index contributed by atoms with van der Waals surface area (Å²) in [5.41, 5.74) is 4.89. The molecule has 0 saturated heterocycles. The van der Waals surface area contributed by atoms with Crippen molar-refractivity contribution in [3.63, 3.8) is 0 Å². The lowest BCUT2D eigenvalue weighted by Crippen LogP contribution is -2.37. The molecule has 1 aromatic heterocycles. The summed E-state index contributed by atoms with van der Waals surface area (Å²) in [6.45, 7) is 4.41. The molecule has 0 aliphatic carbocycles. The Labute approximate surface area is 195 Å². The Morgan fingerprint density at radius 2 is 1.97 bits per heavy atom. The van der Waals surface area contributed by atoms with Crippen LogP contribution in [0.3, 0.4) is 0 Å². The van der Waals surface area contributed by atoms with Crippen molar-refractivity contribution in [3.05, 3.63) is 83.4 Å². The van der Waals surface area contributed by atoms with Crippen LogP contribution in [0.5, 0.6) is 5.75 Å². The molecule has 7 heteroatoms. The zero-order valence-corrected chi connectivity index (χ0v) is 20.1. The first-order valence-electron chi connectivity index (χ1n) is 9.79. The number of halogens is 1. The quantitative estimate of drug-likeness (QED) is 0.270. The van der Waals surface area contributed by atoms with E-state index in [1.165, 1.54) is 22.3 Å². The second kappa shape index (κ2) is 12.2. The lowest BCUT2D eigenvalue weighted by molar-refractivity contribution is 0.409.